The minimum Gasteiger partial charge on any atom is -0.381 e. The van der Waals surface area contributed by atoms with Crippen LogP contribution in [0.4, 0.5) is 0 Å². The molecule has 19 heavy (non-hydrogen) atoms. The predicted molar refractivity (Wildman–Crippen MR) is 75.8 cm³/mol. The summed E-state index contributed by atoms with van der Waals surface area (Å²) in [5.41, 5.74) is -0.330. The van der Waals surface area contributed by atoms with Gasteiger partial charge in [-0.05, 0) is 51.6 Å². The minimum atomic E-state index is -0.330. The second-order valence-corrected chi connectivity index (χ2v) is 6.04. The molecule has 108 valence electrons. The number of rotatable bonds is 7. The second kappa shape index (κ2) is 6.69. The molecule has 0 aromatic carbocycles. The molecule has 4 nitrogen and oxygen atoms in total. The molecule has 1 saturated heterocycles. The van der Waals surface area contributed by atoms with E-state index in [4.69, 9.17) is 4.74 Å². The van der Waals surface area contributed by atoms with Crippen LogP contribution in [0.2, 0.25) is 0 Å². The molecule has 1 saturated carbocycles. The topological polar surface area (TPSA) is 48.3 Å². The molecule has 0 bridgehead atoms. The Labute approximate surface area is 117 Å². The Morgan fingerprint density at radius 2 is 2.00 bits per heavy atom. The zero-order valence-electron chi connectivity index (χ0n) is 12.3. The van der Waals surface area contributed by atoms with Gasteiger partial charge in [-0.15, -0.1) is 0 Å². The van der Waals surface area contributed by atoms with E-state index in [9.17, 15) is 5.26 Å². The molecule has 0 aromatic rings. The van der Waals surface area contributed by atoms with Gasteiger partial charge >= 0.3 is 0 Å². The Morgan fingerprint density at radius 3 is 2.53 bits per heavy atom. The van der Waals surface area contributed by atoms with Crippen LogP contribution in [0.3, 0.4) is 0 Å². The maximum absolute atomic E-state index is 9.70. The summed E-state index contributed by atoms with van der Waals surface area (Å²) in [6, 6.07) is 3.17. The van der Waals surface area contributed by atoms with Gasteiger partial charge in [0.05, 0.1) is 6.07 Å². The zero-order chi connectivity index (χ0) is 13.7. The molecule has 1 unspecified atom stereocenters. The van der Waals surface area contributed by atoms with Crippen molar-refractivity contribution in [3.63, 3.8) is 0 Å². The quantitative estimate of drug-likeness (QED) is 0.762. The number of ether oxygens (including phenoxy) is 1. The lowest BCUT2D eigenvalue weighted by molar-refractivity contribution is 0.0354. The fourth-order valence-corrected chi connectivity index (χ4v) is 3.07. The summed E-state index contributed by atoms with van der Waals surface area (Å²) in [5.74, 6) is 0.548. The monoisotopic (exact) mass is 265 g/mol. The number of nitrogens with zero attached hydrogens (tertiary/aromatic N) is 2. The summed E-state index contributed by atoms with van der Waals surface area (Å²) in [6.45, 7) is 5.66. The number of nitriles is 1. The molecule has 1 heterocycles. The van der Waals surface area contributed by atoms with Gasteiger partial charge in [-0.25, -0.2) is 0 Å². The number of hydrogen-bond donors (Lipinski definition) is 1. The first-order chi connectivity index (χ1) is 9.22. The van der Waals surface area contributed by atoms with Crippen molar-refractivity contribution in [2.45, 2.75) is 50.6 Å². The lowest BCUT2D eigenvalue weighted by Gasteiger charge is -2.38. The van der Waals surface area contributed by atoms with Crippen LogP contribution < -0.4 is 5.32 Å². The number of likely N-dealkylation sites (N-methyl/N-ethyl adjacent to an activating group) is 1. The molecule has 2 rings (SSSR count). The van der Waals surface area contributed by atoms with Gasteiger partial charge in [-0.3, -0.25) is 5.32 Å². The van der Waals surface area contributed by atoms with Gasteiger partial charge in [-0.1, -0.05) is 6.92 Å². The largest absolute Gasteiger partial charge is 0.381 e. The highest BCUT2D eigenvalue weighted by atomic mass is 16.5. The van der Waals surface area contributed by atoms with Crippen LogP contribution in [0, 0.1) is 17.2 Å². The van der Waals surface area contributed by atoms with E-state index in [-0.39, 0.29) is 5.54 Å². The average Bonchev–Trinajstić information content (AvgIpc) is 3.29. The van der Waals surface area contributed by atoms with Gasteiger partial charge in [0.15, 0.2) is 0 Å². The zero-order valence-corrected chi connectivity index (χ0v) is 12.3. The molecule has 2 aliphatic rings. The van der Waals surface area contributed by atoms with Crippen molar-refractivity contribution >= 4 is 0 Å². The van der Waals surface area contributed by atoms with Crippen LogP contribution in [-0.2, 0) is 4.74 Å². The van der Waals surface area contributed by atoms with Crippen LogP contribution in [0.25, 0.3) is 0 Å². The van der Waals surface area contributed by atoms with Crippen molar-refractivity contribution in [1.82, 2.24) is 10.2 Å². The smallest absolute Gasteiger partial charge is 0.122 e. The third-order valence-corrected chi connectivity index (χ3v) is 4.48. The van der Waals surface area contributed by atoms with Crippen LogP contribution >= 0.6 is 0 Å². The van der Waals surface area contributed by atoms with Gasteiger partial charge in [-0.2, -0.15) is 5.26 Å². The lowest BCUT2D eigenvalue weighted by atomic mass is 9.92. The molecule has 0 radical (unpaired) electrons. The van der Waals surface area contributed by atoms with E-state index in [1.807, 2.05) is 0 Å². The Morgan fingerprint density at radius 1 is 1.32 bits per heavy atom. The van der Waals surface area contributed by atoms with E-state index < -0.39 is 0 Å². The summed E-state index contributed by atoms with van der Waals surface area (Å²) in [5, 5.41) is 13.2. The molecule has 0 aromatic heterocycles. The highest BCUT2D eigenvalue weighted by Crippen LogP contribution is 2.40. The number of hydrogen-bond acceptors (Lipinski definition) is 4. The molecule has 1 N–H and O–H groups in total. The minimum absolute atomic E-state index is 0.330. The molecule has 0 amide bonds. The molecule has 1 aliphatic carbocycles. The highest BCUT2D eigenvalue weighted by molar-refractivity contribution is 5.16. The lowest BCUT2D eigenvalue weighted by Crippen LogP contribution is -2.56. The summed E-state index contributed by atoms with van der Waals surface area (Å²) < 4.78 is 5.42. The van der Waals surface area contributed by atoms with Gasteiger partial charge < -0.3 is 9.64 Å². The van der Waals surface area contributed by atoms with Crippen LogP contribution in [0.15, 0.2) is 0 Å². The summed E-state index contributed by atoms with van der Waals surface area (Å²) in [6.07, 6.45) is 5.67. The van der Waals surface area contributed by atoms with E-state index in [0.29, 0.717) is 12.0 Å². The second-order valence-electron chi connectivity index (χ2n) is 6.04. The maximum Gasteiger partial charge on any atom is 0.122 e. The average molecular weight is 265 g/mol. The van der Waals surface area contributed by atoms with E-state index >= 15 is 0 Å². The number of nitrogens with one attached hydrogen (secondary N) is 1. The normalized spacial score (nSPS) is 24.1. The van der Waals surface area contributed by atoms with Crippen molar-refractivity contribution in [1.29, 1.82) is 5.26 Å². The van der Waals surface area contributed by atoms with Gasteiger partial charge in [0.25, 0.3) is 0 Å². The molecular weight excluding hydrogens is 238 g/mol. The summed E-state index contributed by atoms with van der Waals surface area (Å²) in [7, 11) is 2.16. The summed E-state index contributed by atoms with van der Waals surface area (Å²) >= 11 is 0. The Kier molecular flexibility index (Phi) is 5.20. The highest BCUT2D eigenvalue weighted by Gasteiger charge is 2.46. The van der Waals surface area contributed by atoms with E-state index in [0.717, 1.165) is 45.6 Å². The first-order valence-corrected chi connectivity index (χ1v) is 7.66. The Hall–Kier alpha value is -0.630. The van der Waals surface area contributed by atoms with Crippen molar-refractivity contribution in [3.05, 3.63) is 0 Å². The molecule has 0 spiro atoms. The van der Waals surface area contributed by atoms with E-state index in [1.54, 1.807) is 0 Å². The van der Waals surface area contributed by atoms with Gasteiger partial charge in [0.2, 0.25) is 0 Å². The van der Waals surface area contributed by atoms with Crippen LogP contribution in [0.1, 0.15) is 39.0 Å². The van der Waals surface area contributed by atoms with Crippen LogP contribution in [0.5, 0.6) is 0 Å². The maximum atomic E-state index is 9.70. The molecule has 1 atom stereocenters. The third-order valence-electron chi connectivity index (χ3n) is 4.48. The van der Waals surface area contributed by atoms with Crippen molar-refractivity contribution in [2.75, 3.05) is 33.4 Å². The van der Waals surface area contributed by atoms with E-state index in [2.05, 4.69) is 30.3 Å². The van der Waals surface area contributed by atoms with Crippen molar-refractivity contribution < 1.29 is 4.74 Å². The predicted octanol–water partition coefficient (Wildman–Crippen LogP) is 1.77. The standard InChI is InChI=1S/C15H27N3O/c1-3-8-17-15(11-16,13-4-5-13)12-18(2)14-6-9-19-10-7-14/h13-14,17H,3-10,12H2,1-2H3. The fraction of sp³-hybridized carbons (Fsp3) is 0.933. The first-order valence-electron chi connectivity index (χ1n) is 7.66. The Bertz CT molecular complexity index is 318. The van der Waals surface area contributed by atoms with E-state index in [1.165, 1.54) is 12.8 Å². The summed E-state index contributed by atoms with van der Waals surface area (Å²) in [4.78, 5) is 2.38. The molecule has 1 aliphatic heterocycles. The van der Waals surface area contributed by atoms with Crippen molar-refractivity contribution in [2.24, 2.45) is 5.92 Å². The molecule has 4 heteroatoms. The third kappa shape index (κ3) is 3.68. The molecule has 2 fully saturated rings. The Balaban J connectivity index is 1.96. The van der Waals surface area contributed by atoms with Crippen molar-refractivity contribution in [3.8, 4) is 6.07 Å². The van der Waals surface area contributed by atoms with Gasteiger partial charge in [0, 0.05) is 25.8 Å². The fourth-order valence-electron chi connectivity index (χ4n) is 3.07. The van der Waals surface area contributed by atoms with Gasteiger partial charge in [0.1, 0.15) is 5.54 Å². The molecular formula is C15H27N3O. The van der Waals surface area contributed by atoms with Crippen LogP contribution in [-0.4, -0.2) is 49.8 Å². The SMILES string of the molecule is CCCNC(C#N)(CN(C)C1CCOCC1)C1CC1. The first kappa shape index (κ1) is 14.8.